The Bertz CT molecular complexity index is 477. The van der Waals surface area contributed by atoms with Gasteiger partial charge in [-0.1, -0.05) is 70.4 Å². The second kappa shape index (κ2) is 17.9. The number of carbonyl (C=O) groups excluding carboxylic acids is 1. The van der Waals surface area contributed by atoms with Gasteiger partial charge in [0.25, 0.3) is 0 Å². The smallest absolute Gasteiger partial charge is 0.359 e. The van der Waals surface area contributed by atoms with Crippen molar-refractivity contribution >= 4 is 17.9 Å². The van der Waals surface area contributed by atoms with Crippen molar-refractivity contribution in [2.24, 2.45) is 0 Å². The summed E-state index contributed by atoms with van der Waals surface area (Å²) < 4.78 is -0.500. The molecule has 0 aliphatic carbocycles. The van der Waals surface area contributed by atoms with E-state index >= 15 is 0 Å². The van der Waals surface area contributed by atoms with E-state index in [9.17, 15) is 19.5 Å². The van der Waals surface area contributed by atoms with Crippen molar-refractivity contribution < 1.29 is 34.2 Å². The van der Waals surface area contributed by atoms with E-state index in [1.54, 1.807) is 0 Å². The number of carboxylic acids is 3. The molecule has 0 atom stereocenters. The highest BCUT2D eigenvalue weighted by atomic mass is 16.4. The fraction of sp³-hybridized carbons (Fsp3) is 0.783. The molecule has 0 bridgehead atoms. The summed E-state index contributed by atoms with van der Waals surface area (Å²) in [5.41, 5.74) is 0. The van der Waals surface area contributed by atoms with Crippen molar-refractivity contribution in [3.63, 3.8) is 0 Å². The van der Waals surface area contributed by atoms with Gasteiger partial charge in [-0.2, -0.15) is 0 Å². The molecule has 0 aliphatic rings. The van der Waals surface area contributed by atoms with Crippen LogP contribution in [0, 0.1) is 0 Å². The fourth-order valence-electron chi connectivity index (χ4n) is 3.76. The molecule has 0 aliphatic heterocycles. The molecule has 7 nitrogen and oxygen atoms in total. The van der Waals surface area contributed by atoms with Crippen molar-refractivity contribution in [3.05, 3.63) is 12.2 Å². The third-order valence-corrected chi connectivity index (χ3v) is 5.30. The predicted molar refractivity (Wildman–Crippen MR) is 115 cm³/mol. The Hall–Kier alpha value is -1.89. The zero-order chi connectivity index (χ0) is 22.7. The van der Waals surface area contributed by atoms with Crippen LogP contribution in [0.5, 0.6) is 0 Å². The lowest BCUT2D eigenvalue weighted by Gasteiger charge is -2.36. The largest absolute Gasteiger partial charge is 0.544 e. The van der Waals surface area contributed by atoms with Crippen molar-refractivity contribution in [3.8, 4) is 0 Å². The maximum Gasteiger partial charge on any atom is 0.359 e. The minimum absolute atomic E-state index is 0.221. The van der Waals surface area contributed by atoms with E-state index in [4.69, 9.17) is 10.2 Å². The molecule has 30 heavy (non-hydrogen) atoms. The van der Waals surface area contributed by atoms with Crippen molar-refractivity contribution in [1.29, 1.82) is 0 Å². The van der Waals surface area contributed by atoms with Gasteiger partial charge in [0, 0.05) is 0 Å². The van der Waals surface area contributed by atoms with Gasteiger partial charge < -0.3 is 24.6 Å². The number of aliphatic carboxylic acids is 3. The lowest BCUT2D eigenvalue weighted by Crippen LogP contribution is -2.59. The van der Waals surface area contributed by atoms with Crippen LogP contribution in [-0.2, 0) is 14.4 Å². The summed E-state index contributed by atoms with van der Waals surface area (Å²) in [5, 5.41) is 29.2. The molecule has 0 aromatic carbocycles. The highest BCUT2D eigenvalue weighted by molar-refractivity contribution is 5.72. The van der Waals surface area contributed by atoms with Gasteiger partial charge in [-0.25, -0.2) is 9.59 Å². The minimum Gasteiger partial charge on any atom is -0.544 e. The minimum atomic E-state index is -1.42. The highest BCUT2D eigenvalue weighted by Gasteiger charge is 2.33. The van der Waals surface area contributed by atoms with Crippen LogP contribution in [0.2, 0.25) is 0 Å². The Kier molecular flexibility index (Phi) is 16.8. The lowest BCUT2D eigenvalue weighted by molar-refractivity contribution is -0.909. The second-order valence-electron chi connectivity index (χ2n) is 8.28. The van der Waals surface area contributed by atoms with E-state index in [1.165, 1.54) is 51.4 Å². The first-order valence-corrected chi connectivity index (χ1v) is 11.4. The lowest BCUT2D eigenvalue weighted by atomic mass is 10.1. The van der Waals surface area contributed by atoms with E-state index < -0.39 is 42.0 Å². The van der Waals surface area contributed by atoms with Gasteiger partial charge in [0.15, 0.2) is 13.1 Å². The Labute approximate surface area is 181 Å². The van der Waals surface area contributed by atoms with Crippen LogP contribution in [0.4, 0.5) is 0 Å². The maximum absolute atomic E-state index is 11.1. The standard InChI is InChI=1S/C23H41NO6/c1-2-3-4-5-6-7-8-9-10-11-12-13-14-15-16-17-24(18-21(25)26,19-22(27)28)20-23(29)30/h5-6H,2-4,7-20H2,1H3,(H2-,25,26,27,28,29,30)/b6-5+. The normalized spacial score (nSPS) is 11.8. The van der Waals surface area contributed by atoms with Crippen LogP contribution in [0.15, 0.2) is 12.2 Å². The van der Waals surface area contributed by atoms with E-state index in [-0.39, 0.29) is 6.54 Å². The molecule has 0 saturated heterocycles. The molecule has 0 radical (unpaired) electrons. The fourth-order valence-corrected chi connectivity index (χ4v) is 3.76. The summed E-state index contributed by atoms with van der Waals surface area (Å²) >= 11 is 0. The molecule has 0 saturated carbocycles. The molecule has 0 heterocycles. The van der Waals surface area contributed by atoms with Crippen LogP contribution in [-0.4, -0.2) is 58.8 Å². The average Bonchev–Trinajstić information content (AvgIpc) is 2.63. The van der Waals surface area contributed by atoms with E-state index in [0.29, 0.717) is 6.42 Å². The first kappa shape index (κ1) is 28.1. The van der Waals surface area contributed by atoms with Gasteiger partial charge >= 0.3 is 11.9 Å². The molecule has 0 unspecified atom stereocenters. The molecule has 0 rings (SSSR count). The summed E-state index contributed by atoms with van der Waals surface area (Å²) in [7, 11) is 0. The molecule has 0 aromatic rings. The molecule has 174 valence electrons. The first-order valence-electron chi connectivity index (χ1n) is 11.4. The first-order chi connectivity index (χ1) is 14.3. The van der Waals surface area contributed by atoms with E-state index in [1.807, 2.05) is 0 Å². The van der Waals surface area contributed by atoms with Crippen molar-refractivity contribution in [2.45, 2.75) is 90.4 Å². The van der Waals surface area contributed by atoms with E-state index in [0.717, 1.165) is 25.7 Å². The van der Waals surface area contributed by atoms with E-state index in [2.05, 4.69) is 19.1 Å². The van der Waals surface area contributed by atoms with Crippen molar-refractivity contribution in [2.75, 3.05) is 26.2 Å². The molecule has 7 heteroatoms. The molecule has 2 N–H and O–H groups in total. The van der Waals surface area contributed by atoms with Crippen LogP contribution in [0.1, 0.15) is 90.4 Å². The van der Waals surface area contributed by atoms with Gasteiger partial charge in [0.1, 0.15) is 6.54 Å². The number of allylic oxidation sites excluding steroid dienone is 2. The number of quaternary nitrogens is 1. The van der Waals surface area contributed by atoms with Gasteiger partial charge in [-0.3, -0.25) is 0 Å². The zero-order valence-corrected chi connectivity index (χ0v) is 18.7. The molecular weight excluding hydrogens is 386 g/mol. The van der Waals surface area contributed by atoms with Crippen molar-refractivity contribution in [1.82, 2.24) is 0 Å². The summed E-state index contributed by atoms with van der Waals surface area (Å²) in [4.78, 5) is 33.2. The zero-order valence-electron chi connectivity index (χ0n) is 18.7. The Morgan fingerprint density at radius 1 is 0.700 bits per heavy atom. The van der Waals surface area contributed by atoms with Gasteiger partial charge in [0.2, 0.25) is 0 Å². The number of unbranched alkanes of at least 4 members (excludes halogenated alkanes) is 11. The molecule has 0 fully saturated rings. The van der Waals surface area contributed by atoms with Crippen LogP contribution >= 0.6 is 0 Å². The summed E-state index contributed by atoms with van der Waals surface area (Å²) in [6.07, 6.45) is 19.1. The predicted octanol–water partition coefficient (Wildman–Crippen LogP) is 3.37. The number of hydrogen-bond acceptors (Lipinski definition) is 4. The number of nitrogens with zero attached hydrogens (tertiary/aromatic N) is 1. The topological polar surface area (TPSA) is 115 Å². The third kappa shape index (κ3) is 17.0. The molecule has 0 spiro atoms. The Morgan fingerprint density at radius 2 is 1.13 bits per heavy atom. The number of rotatable bonds is 21. The highest BCUT2D eigenvalue weighted by Crippen LogP contribution is 2.14. The monoisotopic (exact) mass is 427 g/mol. The van der Waals surface area contributed by atoms with Crippen LogP contribution < -0.4 is 5.11 Å². The second-order valence-corrected chi connectivity index (χ2v) is 8.28. The summed E-state index contributed by atoms with van der Waals surface area (Å²) in [5.74, 6) is -3.82. The Morgan fingerprint density at radius 3 is 1.57 bits per heavy atom. The van der Waals surface area contributed by atoms with Gasteiger partial charge in [-0.15, -0.1) is 0 Å². The number of hydrogen-bond donors (Lipinski definition) is 2. The maximum atomic E-state index is 11.1. The molecule has 0 amide bonds. The van der Waals surface area contributed by atoms with Gasteiger partial charge in [0.05, 0.1) is 12.5 Å². The summed E-state index contributed by atoms with van der Waals surface area (Å²) in [6, 6.07) is 0. The Balaban J connectivity index is 3.93. The summed E-state index contributed by atoms with van der Waals surface area (Å²) in [6.45, 7) is 0.795. The number of carboxylic acid groups (broad SMARTS) is 3. The average molecular weight is 428 g/mol. The SMILES string of the molecule is CCCC/C=C/CCCCCCCCCCC[N+](CC(=O)[O-])(CC(=O)O)CC(=O)O. The number of carbonyl (C=O) groups is 3. The van der Waals surface area contributed by atoms with Gasteiger partial charge in [-0.05, 0) is 32.1 Å². The van der Waals surface area contributed by atoms with Crippen LogP contribution in [0.3, 0.4) is 0 Å². The molecule has 0 aromatic heterocycles. The quantitative estimate of drug-likeness (QED) is 0.165. The molecular formula is C23H41NO6. The van der Waals surface area contributed by atoms with Crippen LogP contribution in [0.25, 0.3) is 0 Å². The third-order valence-electron chi connectivity index (χ3n) is 5.30.